The third kappa shape index (κ3) is 5.08. The van der Waals surface area contributed by atoms with Gasteiger partial charge < -0.3 is 15.4 Å². The first-order chi connectivity index (χ1) is 14.0. The van der Waals surface area contributed by atoms with Crippen LogP contribution in [-0.4, -0.2) is 24.9 Å². The lowest BCUT2D eigenvalue weighted by Gasteiger charge is -2.10. The highest BCUT2D eigenvalue weighted by atomic mass is 32.1. The smallest absolute Gasteiger partial charge is 0.337 e. The van der Waals surface area contributed by atoms with E-state index in [-0.39, 0.29) is 11.8 Å². The van der Waals surface area contributed by atoms with Gasteiger partial charge in [0.25, 0.3) is 11.8 Å². The minimum atomic E-state index is -0.423. The molecule has 0 saturated carbocycles. The van der Waals surface area contributed by atoms with Gasteiger partial charge in [0.05, 0.1) is 17.6 Å². The number of thiophene rings is 1. The van der Waals surface area contributed by atoms with Crippen molar-refractivity contribution in [1.29, 1.82) is 0 Å². The molecule has 29 heavy (non-hydrogen) atoms. The Kier molecular flexibility index (Phi) is 6.41. The van der Waals surface area contributed by atoms with E-state index in [1.165, 1.54) is 18.4 Å². The number of carbonyl (C=O) groups excluding carboxylic acids is 3. The SMILES string of the molecule is COC(=O)c1ccc(NC(=O)c2ccc(CNC(=O)c3cccs3)cc2)c(C)c1. The third-order valence-corrected chi connectivity index (χ3v) is 5.18. The Morgan fingerprint density at radius 1 is 0.966 bits per heavy atom. The van der Waals surface area contributed by atoms with Gasteiger partial charge in [0, 0.05) is 17.8 Å². The third-order valence-electron chi connectivity index (χ3n) is 4.31. The van der Waals surface area contributed by atoms with E-state index in [4.69, 9.17) is 4.74 Å². The number of hydrogen-bond acceptors (Lipinski definition) is 5. The highest BCUT2D eigenvalue weighted by Crippen LogP contribution is 2.18. The number of carbonyl (C=O) groups is 3. The van der Waals surface area contributed by atoms with Crippen LogP contribution in [0.5, 0.6) is 0 Å². The minimum absolute atomic E-state index is 0.118. The topological polar surface area (TPSA) is 84.5 Å². The molecule has 0 unspecified atom stereocenters. The Labute approximate surface area is 172 Å². The van der Waals surface area contributed by atoms with Crippen LogP contribution in [0.3, 0.4) is 0 Å². The molecule has 0 radical (unpaired) electrons. The second-order valence-electron chi connectivity index (χ2n) is 6.33. The van der Waals surface area contributed by atoms with Gasteiger partial charge in [-0.2, -0.15) is 0 Å². The zero-order valence-corrected chi connectivity index (χ0v) is 16.8. The molecule has 2 aromatic carbocycles. The fourth-order valence-corrected chi connectivity index (χ4v) is 3.33. The monoisotopic (exact) mass is 408 g/mol. The Morgan fingerprint density at radius 2 is 1.69 bits per heavy atom. The van der Waals surface area contributed by atoms with Crippen molar-refractivity contribution in [3.05, 3.63) is 87.1 Å². The molecule has 3 aromatic rings. The summed E-state index contributed by atoms with van der Waals surface area (Å²) in [6.45, 7) is 2.19. The molecule has 1 aromatic heterocycles. The van der Waals surface area contributed by atoms with Crippen molar-refractivity contribution in [3.63, 3.8) is 0 Å². The number of rotatable bonds is 6. The number of anilines is 1. The van der Waals surface area contributed by atoms with Gasteiger partial charge in [-0.25, -0.2) is 4.79 Å². The summed E-state index contributed by atoms with van der Waals surface area (Å²) in [4.78, 5) is 36.7. The molecule has 0 saturated heterocycles. The van der Waals surface area contributed by atoms with Crippen molar-refractivity contribution in [3.8, 4) is 0 Å². The first-order valence-electron chi connectivity index (χ1n) is 8.89. The van der Waals surface area contributed by atoms with Crippen LogP contribution in [0.25, 0.3) is 0 Å². The van der Waals surface area contributed by atoms with E-state index < -0.39 is 5.97 Å². The van der Waals surface area contributed by atoms with Gasteiger partial charge in [-0.15, -0.1) is 11.3 Å². The van der Waals surface area contributed by atoms with Crippen LogP contribution in [0.15, 0.2) is 60.0 Å². The lowest BCUT2D eigenvalue weighted by atomic mass is 10.1. The lowest BCUT2D eigenvalue weighted by Crippen LogP contribution is -2.21. The van der Waals surface area contributed by atoms with E-state index in [0.717, 1.165) is 11.1 Å². The van der Waals surface area contributed by atoms with E-state index in [1.807, 2.05) is 11.4 Å². The predicted octanol–water partition coefficient (Wildman–Crippen LogP) is 4.03. The van der Waals surface area contributed by atoms with E-state index in [1.54, 1.807) is 55.5 Å². The number of nitrogens with one attached hydrogen (secondary N) is 2. The maximum absolute atomic E-state index is 12.5. The maximum Gasteiger partial charge on any atom is 0.337 e. The van der Waals surface area contributed by atoms with Gasteiger partial charge in [0.1, 0.15) is 0 Å². The van der Waals surface area contributed by atoms with Crippen molar-refractivity contribution >= 4 is 34.8 Å². The molecule has 7 heteroatoms. The minimum Gasteiger partial charge on any atom is -0.465 e. The quantitative estimate of drug-likeness (QED) is 0.603. The van der Waals surface area contributed by atoms with Crippen molar-refractivity contribution in [2.24, 2.45) is 0 Å². The van der Waals surface area contributed by atoms with Gasteiger partial charge in [0.2, 0.25) is 0 Å². The number of ether oxygens (including phenoxy) is 1. The molecule has 0 spiro atoms. The van der Waals surface area contributed by atoms with Crippen LogP contribution in [0.2, 0.25) is 0 Å². The number of hydrogen-bond donors (Lipinski definition) is 2. The summed E-state index contributed by atoms with van der Waals surface area (Å²) >= 11 is 1.39. The number of methoxy groups -OCH3 is 1. The molecule has 0 bridgehead atoms. The predicted molar refractivity (Wildman–Crippen MR) is 112 cm³/mol. The summed E-state index contributed by atoms with van der Waals surface area (Å²) in [5, 5.41) is 7.54. The standard InChI is InChI=1S/C22H20N2O4S/c1-14-12-17(22(27)28-2)9-10-18(14)24-20(25)16-7-5-15(6-8-16)13-23-21(26)19-4-3-11-29-19/h3-12H,13H2,1-2H3,(H,23,26)(H,24,25). The molecule has 2 amide bonds. The number of esters is 1. The Balaban J connectivity index is 1.60. The number of aryl methyl sites for hydroxylation is 1. The largest absolute Gasteiger partial charge is 0.465 e. The second-order valence-corrected chi connectivity index (χ2v) is 7.28. The fraction of sp³-hybridized carbons (Fsp3) is 0.136. The average molecular weight is 408 g/mol. The number of amides is 2. The first-order valence-corrected chi connectivity index (χ1v) is 9.77. The molecule has 148 valence electrons. The molecule has 1 heterocycles. The average Bonchev–Trinajstić information content (AvgIpc) is 3.28. The summed E-state index contributed by atoms with van der Waals surface area (Å²) in [5.74, 6) is -0.798. The van der Waals surface area contributed by atoms with Crippen molar-refractivity contribution in [1.82, 2.24) is 5.32 Å². The fourth-order valence-electron chi connectivity index (χ4n) is 2.69. The molecular weight excluding hydrogens is 388 g/mol. The zero-order valence-electron chi connectivity index (χ0n) is 16.0. The lowest BCUT2D eigenvalue weighted by molar-refractivity contribution is 0.0600. The van der Waals surface area contributed by atoms with Gasteiger partial charge in [-0.05, 0) is 59.8 Å². The van der Waals surface area contributed by atoms with Crippen LogP contribution in [0.1, 0.15) is 41.5 Å². The molecule has 0 aliphatic heterocycles. The first kappa shape index (κ1) is 20.3. The number of benzene rings is 2. The van der Waals surface area contributed by atoms with Crippen LogP contribution in [0.4, 0.5) is 5.69 Å². The van der Waals surface area contributed by atoms with Crippen molar-refractivity contribution in [2.45, 2.75) is 13.5 Å². The molecule has 0 atom stereocenters. The van der Waals surface area contributed by atoms with Crippen LogP contribution < -0.4 is 10.6 Å². The molecular formula is C22H20N2O4S. The van der Waals surface area contributed by atoms with Crippen molar-refractivity contribution < 1.29 is 19.1 Å². The summed E-state index contributed by atoms with van der Waals surface area (Å²) < 4.78 is 4.70. The van der Waals surface area contributed by atoms with Gasteiger partial charge in [-0.3, -0.25) is 9.59 Å². The highest BCUT2D eigenvalue weighted by Gasteiger charge is 2.11. The second kappa shape index (κ2) is 9.16. The van der Waals surface area contributed by atoms with E-state index >= 15 is 0 Å². The zero-order chi connectivity index (χ0) is 20.8. The molecule has 0 aliphatic carbocycles. The molecule has 6 nitrogen and oxygen atoms in total. The summed E-state index contributed by atoms with van der Waals surface area (Å²) in [7, 11) is 1.32. The van der Waals surface area contributed by atoms with Gasteiger partial charge in [-0.1, -0.05) is 18.2 Å². The Hall–Kier alpha value is -3.45. The molecule has 0 aliphatic rings. The van der Waals surface area contributed by atoms with Crippen molar-refractivity contribution in [2.75, 3.05) is 12.4 Å². The maximum atomic E-state index is 12.5. The summed E-state index contributed by atoms with van der Waals surface area (Å²) in [5.41, 5.74) is 3.20. The van der Waals surface area contributed by atoms with E-state index in [0.29, 0.717) is 28.2 Å². The molecule has 3 rings (SSSR count). The Morgan fingerprint density at radius 3 is 2.31 bits per heavy atom. The highest BCUT2D eigenvalue weighted by molar-refractivity contribution is 7.12. The van der Waals surface area contributed by atoms with E-state index in [9.17, 15) is 14.4 Å². The molecule has 2 N–H and O–H groups in total. The normalized spacial score (nSPS) is 10.3. The van der Waals surface area contributed by atoms with E-state index in [2.05, 4.69) is 10.6 Å². The molecule has 0 fully saturated rings. The van der Waals surface area contributed by atoms with Crippen LogP contribution in [0, 0.1) is 6.92 Å². The van der Waals surface area contributed by atoms with Crippen LogP contribution in [-0.2, 0) is 11.3 Å². The van der Waals surface area contributed by atoms with Gasteiger partial charge in [0.15, 0.2) is 0 Å². The summed E-state index contributed by atoms with van der Waals surface area (Å²) in [6, 6.07) is 15.6. The Bertz CT molecular complexity index is 1030. The van der Waals surface area contributed by atoms with Crippen LogP contribution >= 0.6 is 11.3 Å². The summed E-state index contributed by atoms with van der Waals surface area (Å²) in [6.07, 6.45) is 0. The van der Waals surface area contributed by atoms with Gasteiger partial charge >= 0.3 is 5.97 Å².